The monoisotopic (exact) mass is 134 g/mol. The van der Waals surface area contributed by atoms with Gasteiger partial charge in [-0.25, -0.2) is 0 Å². The fourth-order valence-electron chi connectivity index (χ4n) is 0.567. The predicted molar refractivity (Wildman–Crippen MR) is 38.8 cm³/mol. The standard InChI is InChI=1S/C8H10N2/c1-2-3-4-5-8(6-9)7-10/h5H,2-4H2,1H3. The minimum atomic E-state index is 0.230. The molecule has 0 amide bonds. The lowest BCUT2D eigenvalue weighted by atomic mass is 10.2. The Morgan fingerprint density at radius 3 is 2.40 bits per heavy atom. The fraction of sp³-hybridized carbons (Fsp3) is 0.500. The average molecular weight is 134 g/mol. The van der Waals surface area contributed by atoms with Crippen LogP contribution >= 0.6 is 0 Å². The summed E-state index contributed by atoms with van der Waals surface area (Å²) in [6, 6.07) is 3.62. The number of nitriles is 2. The summed E-state index contributed by atoms with van der Waals surface area (Å²) in [7, 11) is 0. The number of hydrogen-bond acceptors (Lipinski definition) is 2. The molecule has 0 aromatic carbocycles. The normalized spacial score (nSPS) is 7.50. The third kappa shape index (κ3) is 3.69. The Kier molecular flexibility index (Phi) is 5.10. The second kappa shape index (κ2) is 5.85. The Hall–Kier alpha value is -1.28. The van der Waals surface area contributed by atoms with Crippen LogP contribution in [-0.4, -0.2) is 0 Å². The van der Waals surface area contributed by atoms with Gasteiger partial charge in [0.25, 0.3) is 0 Å². The van der Waals surface area contributed by atoms with Crippen molar-refractivity contribution in [3.63, 3.8) is 0 Å². The van der Waals surface area contributed by atoms with Crippen LogP contribution in [0.4, 0.5) is 0 Å². The van der Waals surface area contributed by atoms with E-state index in [-0.39, 0.29) is 5.57 Å². The summed E-state index contributed by atoms with van der Waals surface area (Å²) in [5, 5.41) is 16.6. The molecule has 0 rings (SSSR count). The maximum atomic E-state index is 8.28. The molecule has 0 aliphatic carbocycles. The van der Waals surface area contributed by atoms with Gasteiger partial charge in [-0.2, -0.15) is 10.5 Å². The maximum Gasteiger partial charge on any atom is 0.125 e. The zero-order valence-corrected chi connectivity index (χ0v) is 6.09. The molecule has 0 unspecified atom stereocenters. The molecule has 0 aliphatic heterocycles. The molecular weight excluding hydrogens is 124 g/mol. The molecule has 2 heteroatoms. The Bertz CT molecular complexity index is 174. The molecule has 0 radical (unpaired) electrons. The first kappa shape index (κ1) is 8.72. The summed E-state index contributed by atoms with van der Waals surface area (Å²) >= 11 is 0. The van der Waals surface area contributed by atoms with E-state index in [4.69, 9.17) is 10.5 Å². The molecule has 0 heterocycles. The smallest absolute Gasteiger partial charge is 0.125 e. The quantitative estimate of drug-likeness (QED) is 0.438. The highest BCUT2D eigenvalue weighted by atomic mass is 14.3. The highest BCUT2D eigenvalue weighted by Gasteiger charge is 1.88. The van der Waals surface area contributed by atoms with Crippen LogP contribution in [-0.2, 0) is 0 Å². The van der Waals surface area contributed by atoms with Gasteiger partial charge in [0.1, 0.15) is 17.7 Å². The second-order valence-corrected chi connectivity index (χ2v) is 1.98. The van der Waals surface area contributed by atoms with Crippen molar-refractivity contribution in [3.8, 4) is 12.1 Å². The van der Waals surface area contributed by atoms with Crippen molar-refractivity contribution in [3.05, 3.63) is 11.6 Å². The van der Waals surface area contributed by atoms with E-state index in [0.717, 1.165) is 19.3 Å². The first-order valence-electron chi connectivity index (χ1n) is 3.35. The molecule has 0 N–H and O–H groups in total. The van der Waals surface area contributed by atoms with E-state index >= 15 is 0 Å². The summed E-state index contributed by atoms with van der Waals surface area (Å²) < 4.78 is 0. The third-order valence-corrected chi connectivity index (χ3v) is 1.15. The average Bonchev–Trinajstić information content (AvgIpc) is 1.99. The van der Waals surface area contributed by atoms with Crippen LogP contribution in [0.3, 0.4) is 0 Å². The lowest BCUT2D eigenvalue weighted by Crippen LogP contribution is -1.73. The van der Waals surface area contributed by atoms with E-state index in [1.807, 2.05) is 12.1 Å². The number of hydrogen-bond donors (Lipinski definition) is 0. The first-order chi connectivity index (χ1) is 4.85. The van der Waals surface area contributed by atoms with E-state index < -0.39 is 0 Å². The molecule has 10 heavy (non-hydrogen) atoms. The van der Waals surface area contributed by atoms with Crippen LogP contribution in [0, 0.1) is 22.7 Å². The maximum absolute atomic E-state index is 8.28. The van der Waals surface area contributed by atoms with Crippen molar-refractivity contribution >= 4 is 0 Å². The van der Waals surface area contributed by atoms with Gasteiger partial charge in [0.05, 0.1) is 0 Å². The van der Waals surface area contributed by atoms with Crippen molar-refractivity contribution in [2.45, 2.75) is 26.2 Å². The van der Waals surface area contributed by atoms with Gasteiger partial charge < -0.3 is 0 Å². The van der Waals surface area contributed by atoms with Crippen LogP contribution < -0.4 is 0 Å². The van der Waals surface area contributed by atoms with Crippen LogP contribution in [0.25, 0.3) is 0 Å². The fourth-order valence-corrected chi connectivity index (χ4v) is 0.567. The Balaban J connectivity index is 3.71. The molecule has 0 saturated heterocycles. The van der Waals surface area contributed by atoms with Crippen molar-refractivity contribution < 1.29 is 0 Å². The minimum absolute atomic E-state index is 0.230. The molecule has 0 aromatic rings. The molecular formula is C8H10N2. The Labute approximate surface area is 61.4 Å². The number of unbranched alkanes of at least 4 members (excludes halogenated alkanes) is 2. The largest absolute Gasteiger partial charge is 0.192 e. The molecule has 0 atom stereocenters. The number of nitrogens with zero attached hydrogens (tertiary/aromatic N) is 2. The van der Waals surface area contributed by atoms with Gasteiger partial charge in [-0.05, 0) is 6.42 Å². The van der Waals surface area contributed by atoms with Crippen LogP contribution in [0.2, 0.25) is 0 Å². The van der Waals surface area contributed by atoms with Gasteiger partial charge >= 0.3 is 0 Å². The number of rotatable bonds is 3. The SMILES string of the molecule is CCCCC=C(C#N)C#N. The van der Waals surface area contributed by atoms with Gasteiger partial charge in [-0.3, -0.25) is 0 Å². The molecule has 0 aliphatic rings. The molecule has 52 valence electrons. The first-order valence-corrected chi connectivity index (χ1v) is 3.35. The number of allylic oxidation sites excluding steroid dienone is 2. The molecule has 0 bridgehead atoms. The summed E-state index contributed by atoms with van der Waals surface area (Å²) in [5.74, 6) is 0. The van der Waals surface area contributed by atoms with Gasteiger partial charge in [0.2, 0.25) is 0 Å². The highest BCUT2D eigenvalue weighted by molar-refractivity contribution is 5.34. The Morgan fingerprint density at radius 1 is 1.40 bits per heavy atom. The lowest BCUT2D eigenvalue weighted by molar-refractivity contribution is 0.813. The van der Waals surface area contributed by atoms with E-state index in [2.05, 4.69) is 6.92 Å². The van der Waals surface area contributed by atoms with Crippen LogP contribution in [0.15, 0.2) is 11.6 Å². The van der Waals surface area contributed by atoms with Gasteiger partial charge in [-0.1, -0.05) is 25.8 Å². The zero-order valence-electron chi connectivity index (χ0n) is 6.09. The molecule has 2 nitrogen and oxygen atoms in total. The third-order valence-electron chi connectivity index (χ3n) is 1.15. The molecule has 0 fully saturated rings. The molecule has 0 saturated carbocycles. The molecule has 0 aromatic heterocycles. The lowest BCUT2D eigenvalue weighted by Gasteiger charge is -1.86. The van der Waals surface area contributed by atoms with E-state index in [9.17, 15) is 0 Å². The zero-order chi connectivity index (χ0) is 7.82. The second-order valence-electron chi connectivity index (χ2n) is 1.98. The summed E-state index contributed by atoms with van der Waals surface area (Å²) in [6.07, 6.45) is 4.67. The minimum Gasteiger partial charge on any atom is -0.192 e. The van der Waals surface area contributed by atoms with Gasteiger partial charge in [0, 0.05) is 0 Å². The summed E-state index contributed by atoms with van der Waals surface area (Å²) in [5.41, 5.74) is 0.230. The van der Waals surface area contributed by atoms with Gasteiger partial charge in [0.15, 0.2) is 0 Å². The van der Waals surface area contributed by atoms with Crippen molar-refractivity contribution in [2.24, 2.45) is 0 Å². The van der Waals surface area contributed by atoms with E-state index in [1.165, 1.54) is 0 Å². The van der Waals surface area contributed by atoms with Crippen molar-refractivity contribution in [1.29, 1.82) is 10.5 Å². The van der Waals surface area contributed by atoms with Gasteiger partial charge in [-0.15, -0.1) is 0 Å². The molecule has 0 spiro atoms. The summed E-state index contributed by atoms with van der Waals surface area (Å²) in [4.78, 5) is 0. The topological polar surface area (TPSA) is 47.6 Å². The van der Waals surface area contributed by atoms with E-state index in [0.29, 0.717) is 0 Å². The predicted octanol–water partition coefficient (Wildman–Crippen LogP) is 2.15. The Morgan fingerprint density at radius 2 is 2.00 bits per heavy atom. The van der Waals surface area contributed by atoms with Crippen molar-refractivity contribution in [1.82, 2.24) is 0 Å². The summed E-state index contributed by atoms with van der Waals surface area (Å²) in [6.45, 7) is 2.08. The van der Waals surface area contributed by atoms with Crippen molar-refractivity contribution in [2.75, 3.05) is 0 Å². The van der Waals surface area contributed by atoms with Crippen LogP contribution in [0.5, 0.6) is 0 Å². The highest BCUT2D eigenvalue weighted by Crippen LogP contribution is 1.98. The van der Waals surface area contributed by atoms with E-state index in [1.54, 1.807) is 6.08 Å². The van der Waals surface area contributed by atoms with Crippen LogP contribution in [0.1, 0.15) is 26.2 Å².